The number of carbonyl (C=O) groups excluding carboxylic acids is 1. The number of ether oxygens (including phenoxy) is 1. The molecule has 21 heavy (non-hydrogen) atoms. The molecule has 4 nitrogen and oxygen atoms in total. The maximum absolute atomic E-state index is 12.6. The number of esters is 1. The maximum Gasteiger partial charge on any atom is 0.433 e. The van der Waals surface area contributed by atoms with Crippen molar-refractivity contribution in [3.05, 3.63) is 40.3 Å². The van der Waals surface area contributed by atoms with E-state index < -0.39 is 23.1 Å². The molecule has 0 spiro atoms. The summed E-state index contributed by atoms with van der Waals surface area (Å²) >= 11 is 2.19. The monoisotopic (exact) mass is 334 g/mol. The van der Waals surface area contributed by atoms with Crippen molar-refractivity contribution in [2.24, 2.45) is 0 Å². The van der Waals surface area contributed by atoms with Gasteiger partial charge in [0.05, 0.1) is 7.11 Å². The summed E-state index contributed by atoms with van der Waals surface area (Å²) in [6.07, 6.45) is -3.54. The molecule has 0 unspecified atom stereocenters. The Bertz CT molecular complexity index is 617. The Morgan fingerprint density at radius 1 is 1.43 bits per heavy atom. The van der Waals surface area contributed by atoms with Crippen LogP contribution in [-0.2, 0) is 15.7 Å². The van der Waals surface area contributed by atoms with Gasteiger partial charge < -0.3 is 4.74 Å². The van der Waals surface area contributed by atoms with E-state index in [4.69, 9.17) is 0 Å². The predicted octanol–water partition coefficient (Wildman–Crippen LogP) is 3.56. The zero-order chi connectivity index (χ0) is 15.5. The van der Waals surface area contributed by atoms with Gasteiger partial charge in [-0.1, -0.05) is 11.8 Å². The molecule has 0 saturated heterocycles. The Hall–Kier alpha value is -1.61. The molecule has 9 heteroatoms. The molecule has 2 rings (SSSR count). The first-order valence-corrected chi connectivity index (χ1v) is 7.41. The first-order chi connectivity index (χ1) is 9.91. The molecule has 2 heterocycles. The van der Waals surface area contributed by atoms with Gasteiger partial charge in [-0.05, 0) is 28.5 Å². The standard InChI is InChI=1S/C12H9F3N2O2S2/c1-19-10(18)9(7-3-5-20-6-7)21-11-16-4-2-8(17-11)12(13,14)15/h2-6,9H,1H3/t9-/m0/s1. The van der Waals surface area contributed by atoms with Gasteiger partial charge in [0.1, 0.15) is 10.9 Å². The van der Waals surface area contributed by atoms with Crippen LogP contribution in [0.1, 0.15) is 16.5 Å². The molecule has 0 fully saturated rings. The van der Waals surface area contributed by atoms with Gasteiger partial charge in [-0.15, -0.1) is 0 Å². The highest BCUT2D eigenvalue weighted by molar-refractivity contribution is 8.00. The van der Waals surface area contributed by atoms with Crippen molar-refractivity contribution in [2.45, 2.75) is 16.6 Å². The van der Waals surface area contributed by atoms with Crippen LogP contribution in [0, 0.1) is 0 Å². The minimum absolute atomic E-state index is 0.133. The normalized spacial score (nSPS) is 13.0. The predicted molar refractivity (Wildman–Crippen MR) is 72.0 cm³/mol. The Kier molecular flexibility index (Phi) is 4.84. The first-order valence-electron chi connectivity index (χ1n) is 5.58. The van der Waals surface area contributed by atoms with Crippen molar-refractivity contribution in [3.63, 3.8) is 0 Å². The molecule has 0 amide bonds. The lowest BCUT2D eigenvalue weighted by molar-refractivity contribution is -0.141. The van der Waals surface area contributed by atoms with Crippen LogP contribution in [-0.4, -0.2) is 23.0 Å². The number of hydrogen-bond donors (Lipinski definition) is 0. The molecule has 0 aromatic carbocycles. The van der Waals surface area contributed by atoms with E-state index in [1.165, 1.54) is 18.4 Å². The van der Waals surface area contributed by atoms with Crippen LogP contribution in [0.4, 0.5) is 13.2 Å². The van der Waals surface area contributed by atoms with E-state index in [-0.39, 0.29) is 5.16 Å². The summed E-state index contributed by atoms with van der Waals surface area (Å²) in [4.78, 5) is 19.0. The number of thioether (sulfide) groups is 1. The van der Waals surface area contributed by atoms with Crippen molar-refractivity contribution in [1.82, 2.24) is 9.97 Å². The summed E-state index contributed by atoms with van der Waals surface area (Å²) in [6, 6.07) is 2.48. The molecule has 0 N–H and O–H groups in total. The number of methoxy groups -OCH3 is 1. The maximum atomic E-state index is 12.6. The van der Waals surface area contributed by atoms with Crippen molar-refractivity contribution in [3.8, 4) is 0 Å². The fourth-order valence-corrected chi connectivity index (χ4v) is 3.18. The van der Waals surface area contributed by atoms with Crippen LogP contribution in [0.15, 0.2) is 34.2 Å². The van der Waals surface area contributed by atoms with Crippen LogP contribution >= 0.6 is 23.1 Å². The number of thiophene rings is 1. The number of carbonyl (C=O) groups is 1. The zero-order valence-electron chi connectivity index (χ0n) is 10.6. The fourth-order valence-electron chi connectivity index (χ4n) is 1.44. The minimum Gasteiger partial charge on any atom is -0.468 e. The van der Waals surface area contributed by atoms with Crippen molar-refractivity contribution in [1.29, 1.82) is 0 Å². The van der Waals surface area contributed by atoms with Gasteiger partial charge in [-0.2, -0.15) is 24.5 Å². The molecule has 2 aromatic heterocycles. The average Bonchev–Trinajstić information content (AvgIpc) is 2.97. The lowest BCUT2D eigenvalue weighted by Gasteiger charge is -2.12. The Morgan fingerprint density at radius 2 is 2.19 bits per heavy atom. The fraction of sp³-hybridized carbons (Fsp3) is 0.250. The van der Waals surface area contributed by atoms with Crippen LogP contribution < -0.4 is 0 Å². The molecule has 0 aliphatic rings. The van der Waals surface area contributed by atoms with Crippen molar-refractivity contribution in [2.75, 3.05) is 7.11 Å². The number of rotatable bonds is 4. The van der Waals surface area contributed by atoms with E-state index in [1.54, 1.807) is 16.8 Å². The first kappa shape index (κ1) is 15.8. The number of halogens is 3. The Morgan fingerprint density at radius 3 is 2.76 bits per heavy atom. The van der Waals surface area contributed by atoms with Gasteiger partial charge in [0.2, 0.25) is 0 Å². The molecular formula is C12H9F3N2O2S2. The van der Waals surface area contributed by atoms with Gasteiger partial charge in [0.25, 0.3) is 0 Å². The summed E-state index contributed by atoms with van der Waals surface area (Å²) in [6.45, 7) is 0. The number of alkyl halides is 3. The quantitative estimate of drug-likeness (QED) is 0.486. The van der Waals surface area contributed by atoms with Crippen LogP contribution in [0.5, 0.6) is 0 Å². The van der Waals surface area contributed by atoms with E-state index in [2.05, 4.69) is 14.7 Å². The molecule has 0 radical (unpaired) electrons. The van der Waals surface area contributed by atoms with Crippen molar-refractivity contribution < 1.29 is 22.7 Å². The second kappa shape index (κ2) is 6.44. The largest absolute Gasteiger partial charge is 0.468 e. The third-order valence-corrected chi connectivity index (χ3v) is 4.22. The zero-order valence-corrected chi connectivity index (χ0v) is 12.3. The second-order valence-corrected chi connectivity index (χ2v) is 5.65. The van der Waals surface area contributed by atoms with Gasteiger partial charge in [0, 0.05) is 6.20 Å². The summed E-state index contributed by atoms with van der Waals surface area (Å²) in [5, 5.41) is 2.55. The lowest BCUT2D eigenvalue weighted by atomic mass is 10.2. The van der Waals surface area contributed by atoms with E-state index in [9.17, 15) is 18.0 Å². The van der Waals surface area contributed by atoms with Crippen LogP contribution in [0.3, 0.4) is 0 Å². The molecule has 0 bridgehead atoms. The van der Waals surface area contributed by atoms with Gasteiger partial charge >= 0.3 is 12.1 Å². The number of hydrogen-bond acceptors (Lipinski definition) is 6. The summed E-state index contributed by atoms with van der Waals surface area (Å²) < 4.78 is 42.5. The Balaban J connectivity index is 2.27. The van der Waals surface area contributed by atoms with E-state index in [0.717, 1.165) is 24.0 Å². The van der Waals surface area contributed by atoms with Gasteiger partial charge in [-0.25, -0.2) is 9.97 Å². The average molecular weight is 334 g/mol. The third-order valence-electron chi connectivity index (χ3n) is 2.41. The number of aromatic nitrogens is 2. The lowest BCUT2D eigenvalue weighted by Crippen LogP contribution is -2.12. The van der Waals surface area contributed by atoms with Crippen LogP contribution in [0.25, 0.3) is 0 Å². The highest BCUT2D eigenvalue weighted by atomic mass is 32.2. The molecule has 0 aliphatic carbocycles. The summed E-state index contributed by atoms with van der Waals surface area (Å²) in [7, 11) is 1.22. The van der Waals surface area contributed by atoms with E-state index >= 15 is 0 Å². The highest BCUT2D eigenvalue weighted by Gasteiger charge is 2.33. The van der Waals surface area contributed by atoms with Crippen molar-refractivity contribution >= 4 is 29.1 Å². The third kappa shape index (κ3) is 3.94. The smallest absolute Gasteiger partial charge is 0.433 e. The molecular weight excluding hydrogens is 325 g/mol. The van der Waals surface area contributed by atoms with Gasteiger partial charge in [0.15, 0.2) is 5.16 Å². The summed E-state index contributed by atoms with van der Waals surface area (Å²) in [5.41, 5.74) is -0.410. The molecule has 112 valence electrons. The molecule has 2 aromatic rings. The van der Waals surface area contributed by atoms with Crippen LogP contribution in [0.2, 0.25) is 0 Å². The topological polar surface area (TPSA) is 52.1 Å². The Labute approximate surface area is 126 Å². The SMILES string of the molecule is COC(=O)[C@@H](Sc1nccc(C(F)(F)F)n1)c1ccsc1. The molecule has 0 saturated carbocycles. The molecule has 1 atom stereocenters. The van der Waals surface area contributed by atoms with Gasteiger partial charge in [-0.3, -0.25) is 4.79 Å². The highest BCUT2D eigenvalue weighted by Crippen LogP contribution is 2.36. The second-order valence-electron chi connectivity index (χ2n) is 3.80. The summed E-state index contributed by atoms with van der Waals surface area (Å²) in [5.74, 6) is -0.570. The number of nitrogens with zero attached hydrogens (tertiary/aromatic N) is 2. The molecule has 0 aliphatic heterocycles. The van der Waals surface area contributed by atoms with E-state index in [0.29, 0.717) is 5.56 Å². The minimum atomic E-state index is -4.55. The van der Waals surface area contributed by atoms with E-state index in [1.807, 2.05) is 0 Å².